The Morgan fingerprint density at radius 2 is 1.91 bits per heavy atom. The lowest BCUT2D eigenvalue weighted by molar-refractivity contribution is 0.0314. The summed E-state index contributed by atoms with van der Waals surface area (Å²) in [6.45, 7) is 8.26. The SMILES string of the molecule is CC1(C)CC2(CCN(Cc3ccc(S(C)(=O)=O)cc3)C2)CO1. The van der Waals surface area contributed by atoms with Gasteiger partial charge in [0, 0.05) is 24.8 Å². The van der Waals surface area contributed by atoms with Gasteiger partial charge in [-0.25, -0.2) is 8.42 Å². The molecule has 0 aliphatic carbocycles. The van der Waals surface area contributed by atoms with Crippen LogP contribution in [-0.4, -0.2) is 44.9 Å². The Morgan fingerprint density at radius 3 is 2.45 bits per heavy atom. The molecule has 3 rings (SSSR count). The van der Waals surface area contributed by atoms with Gasteiger partial charge in [-0.15, -0.1) is 0 Å². The molecular weight excluding hydrogens is 298 g/mol. The maximum atomic E-state index is 11.5. The molecule has 0 saturated carbocycles. The molecule has 0 amide bonds. The van der Waals surface area contributed by atoms with Crippen molar-refractivity contribution in [2.45, 2.75) is 43.7 Å². The van der Waals surface area contributed by atoms with Crippen LogP contribution in [0.4, 0.5) is 0 Å². The first kappa shape index (κ1) is 16.0. The summed E-state index contributed by atoms with van der Waals surface area (Å²) in [4.78, 5) is 2.85. The molecule has 1 atom stereocenters. The van der Waals surface area contributed by atoms with Crippen LogP contribution in [0.5, 0.6) is 0 Å². The van der Waals surface area contributed by atoms with Gasteiger partial charge < -0.3 is 4.74 Å². The highest BCUT2D eigenvalue weighted by Crippen LogP contribution is 2.45. The second-order valence-electron chi connectivity index (χ2n) is 7.60. The van der Waals surface area contributed by atoms with Gasteiger partial charge in [0.05, 0.1) is 17.1 Å². The molecule has 0 bridgehead atoms. The fourth-order valence-electron chi connectivity index (χ4n) is 3.88. The summed E-state index contributed by atoms with van der Waals surface area (Å²) >= 11 is 0. The van der Waals surface area contributed by atoms with Crippen LogP contribution in [0.2, 0.25) is 0 Å². The third-order valence-corrected chi connectivity index (χ3v) is 5.97. The molecule has 2 saturated heterocycles. The first-order chi connectivity index (χ1) is 10.2. The molecule has 0 aromatic heterocycles. The molecule has 122 valence electrons. The monoisotopic (exact) mass is 323 g/mol. The van der Waals surface area contributed by atoms with Crippen molar-refractivity contribution < 1.29 is 13.2 Å². The average molecular weight is 323 g/mol. The van der Waals surface area contributed by atoms with Crippen molar-refractivity contribution in [3.8, 4) is 0 Å². The Bertz CT molecular complexity index is 651. The van der Waals surface area contributed by atoms with E-state index in [0.717, 1.165) is 32.7 Å². The van der Waals surface area contributed by atoms with E-state index in [0.29, 0.717) is 10.3 Å². The van der Waals surface area contributed by atoms with E-state index in [9.17, 15) is 8.42 Å². The van der Waals surface area contributed by atoms with Crippen molar-refractivity contribution in [2.24, 2.45) is 5.41 Å². The van der Waals surface area contributed by atoms with Gasteiger partial charge >= 0.3 is 0 Å². The van der Waals surface area contributed by atoms with Crippen LogP contribution in [0.3, 0.4) is 0 Å². The molecule has 2 aliphatic rings. The Hall–Kier alpha value is -0.910. The fraction of sp³-hybridized carbons (Fsp3) is 0.647. The number of likely N-dealkylation sites (tertiary alicyclic amines) is 1. The van der Waals surface area contributed by atoms with E-state index in [1.807, 2.05) is 12.1 Å². The van der Waals surface area contributed by atoms with Crippen molar-refractivity contribution in [1.82, 2.24) is 4.90 Å². The van der Waals surface area contributed by atoms with Gasteiger partial charge in [0.15, 0.2) is 9.84 Å². The fourth-order valence-corrected chi connectivity index (χ4v) is 4.51. The van der Waals surface area contributed by atoms with Crippen molar-refractivity contribution >= 4 is 9.84 Å². The van der Waals surface area contributed by atoms with Crippen LogP contribution in [0.1, 0.15) is 32.3 Å². The zero-order valence-corrected chi connectivity index (χ0v) is 14.4. The summed E-state index contributed by atoms with van der Waals surface area (Å²) in [6, 6.07) is 7.27. The molecule has 22 heavy (non-hydrogen) atoms. The predicted octanol–water partition coefficient (Wildman–Crippen LogP) is 2.48. The Balaban J connectivity index is 1.63. The highest BCUT2D eigenvalue weighted by atomic mass is 32.2. The van der Waals surface area contributed by atoms with Crippen LogP contribution in [0.25, 0.3) is 0 Å². The second-order valence-corrected chi connectivity index (χ2v) is 9.62. The second kappa shape index (κ2) is 5.32. The molecule has 1 aromatic carbocycles. The van der Waals surface area contributed by atoms with Gasteiger partial charge in [-0.1, -0.05) is 12.1 Å². The van der Waals surface area contributed by atoms with E-state index in [2.05, 4.69) is 18.7 Å². The number of ether oxygens (including phenoxy) is 1. The number of nitrogens with zero attached hydrogens (tertiary/aromatic N) is 1. The molecule has 2 heterocycles. The molecule has 1 unspecified atom stereocenters. The quantitative estimate of drug-likeness (QED) is 0.857. The minimum atomic E-state index is -3.11. The molecule has 2 fully saturated rings. The number of sulfone groups is 1. The lowest BCUT2D eigenvalue weighted by atomic mass is 9.81. The first-order valence-electron chi connectivity index (χ1n) is 7.83. The van der Waals surface area contributed by atoms with Crippen molar-refractivity contribution in [2.75, 3.05) is 26.0 Å². The molecule has 5 heteroatoms. The van der Waals surface area contributed by atoms with Crippen LogP contribution >= 0.6 is 0 Å². The number of hydrogen-bond donors (Lipinski definition) is 0. The summed E-state index contributed by atoms with van der Waals surface area (Å²) < 4.78 is 28.9. The standard InChI is InChI=1S/C17H25NO3S/c1-16(2)11-17(13-21-16)8-9-18(12-17)10-14-4-6-15(7-5-14)22(3,19)20/h4-7H,8-13H2,1-3H3. The predicted molar refractivity (Wildman–Crippen MR) is 86.5 cm³/mol. The highest BCUT2D eigenvalue weighted by molar-refractivity contribution is 7.90. The molecule has 0 N–H and O–H groups in total. The summed E-state index contributed by atoms with van der Waals surface area (Å²) in [5.41, 5.74) is 1.49. The Kier molecular flexibility index (Phi) is 3.86. The minimum absolute atomic E-state index is 0.00709. The molecule has 1 spiro atoms. The topological polar surface area (TPSA) is 46.6 Å². The van der Waals surface area contributed by atoms with Gasteiger partial charge in [-0.05, 0) is 50.9 Å². The van der Waals surface area contributed by atoms with E-state index in [-0.39, 0.29) is 5.60 Å². The van der Waals surface area contributed by atoms with Crippen molar-refractivity contribution in [1.29, 1.82) is 0 Å². The van der Waals surface area contributed by atoms with E-state index in [1.54, 1.807) is 12.1 Å². The summed E-state index contributed by atoms with van der Waals surface area (Å²) in [7, 11) is -3.11. The third kappa shape index (κ3) is 3.36. The Labute approximate surface area is 133 Å². The zero-order valence-electron chi connectivity index (χ0n) is 13.6. The van der Waals surface area contributed by atoms with Crippen LogP contribution in [0, 0.1) is 5.41 Å². The summed E-state index contributed by atoms with van der Waals surface area (Å²) in [6.07, 6.45) is 3.56. The molecule has 4 nitrogen and oxygen atoms in total. The first-order valence-corrected chi connectivity index (χ1v) is 9.72. The maximum absolute atomic E-state index is 11.5. The van der Waals surface area contributed by atoms with Crippen LogP contribution < -0.4 is 0 Å². The van der Waals surface area contributed by atoms with E-state index < -0.39 is 9.84 Å². The highest BCUT2D eigenvalue weighted by Gasteiger charge is 2.47. The number of benzene rings is 1. The third-order valence-electron chi connectivity index (χ3n) is 4.84. The minimum Gasteiger partial charge on any atom is -0.375 e. The van der Waals surface area contributed by atoms with Crippen molar-refractivity contribution in [3.63, 3.8) is 0 Å². The molecule has 0 radical (unpaired) electrons. The Morgan fingerprint density at radius 1 is 1.23 bits per heavy atom. The van der Waals surface area contributed by atoms with Crippen LogP contribution in [-0.2, 0) is 21.1 Å². The summed E-state index contributed by atoms with van der Waals surface area (Å²) in [5, 5.41) is 0. The number of hydrogen-bond acceptors (Lipinski definition) is 4. The van der Waals surface area contributed by atoms with Gasteiger partial charge in [0.25, 0.3) is 0 Å². The normalized spacial score (nSPS) is 28.5. The summed E-state index contributed by atoms with van der Waals surface area (Å²) in [5.74, 6) is 0. The lowest BCUT2D eigenvalue weighted by Crippen LogP contribution is -2.28. The van der Waals surface area contributed by atoms with Gasteiger partial charge in [0.2, 0.25) is 0 Å². The zero-order chi connectivity index (χ0) is 16.0. The smallest absolute Gasteiger partial charge is 0.175 e. The maximum Gasteiger partial charge on any atom is 0.175 e. The number of rotatable bonds is 3. The van der Waals surface area contributed by atoms with E-state index in [1.165, 1.54) is 18.2 Å². The molecule has 2 aliphatic heterocycles. The largest absolute Gasteiger partial charge is 0.375 e. The van der Waals surface area contributed by atoms with E-state index in [4.69, 9.17) is 4.74 Å². The molecular formula is C17H25NO3S. The van der Waals surface area contributed by atoms with E-state index >= 15 is 0 Å². The van der Waals surface area contributed by atoms with Gasteiger partial charge in [0.1, 0.15) is 0 Å². The van der Waals surface area contributed by atoms with Gasteiger partial charge in [-0.2, -0.15) is 0 Å². The average Bonchev–Trinajstić information content (AvgIpc) is 2.93. The van der Waals surface area contributed by atoms with Crippen LogP contribution in [0.15, 0.2) is 29.2 Å². The van der Waals surface area contributed by atoms with Crippen molar-refractivity contribution in [3.05, 3.63) is 29.8 Å². The molecule has 1 aromatic rings. The van der Waals surface area contributed by atoms with Gasteiger partial charge in [-0.3, -0.25) is 4.90 Å². The lowest BCUT2D eigenvalue weighted by Gasteiger charge is -2.24.